The first-order valence-electron chi connectivity index (χ1n) is 9.44. The monoisotopic (exact) mass is 416 g/mol. The molecule has 0 spiro atoms. The summed E-state index contributed by atoms with van der Waals surface area (Å²) < 4.78 is 17.7. The fraction of sp³-hybridized carbons (Fsp3) is 0.0870. The van der Waals surface area contributed by atoms with E-state index in [9.17, 15) is 4.79 Å². The molecular formula is C23H20N4O4. The average Bonchev–Trinajstić information content (AvgIpc) is 3.31. The minimum atomic E-state index is -0.375. The predicted octanol–water partition coefficient (Wildman–Crippen LogP) is 4.33. The molecule has 0 radical (unpaired) electrons. The van der Waals surface area contributed by atoms with E-state index in [1.807, 2.05) is 24.3 Å². The maximum Gasteiger partial charge on any atom is 0.276 e. The first kappa shape index (κ1) is 20.0. The largest absolute Gasteiger partial charge is 0.497 e. The molecule has 2 aromatic carbocycles. The van der Waals surface area contributed by atoms with Crippen molar-refractivity contribution in [3.05, 3.63) is 84.8 Å². The van der Waals surface area contributed by atoms with Crippen molar-refractivity contribution >= 4 is 11.6 Å². The number of nitrogens with zero attached hydrogens (tertiary/aromatic N) is 3. The number of carbonyl (C=O) groups is 1. The first-order valence-corrected chi connectivity index (χ1v) is 9.44. The zero-order valence-electron chi connectivity index (χ0n) is 17.0. The smallest absolute Gasteiger partial charge is 0.276 e. The van der Waals surface area contributed by atoms with E-state index < -0.39 is 0 Å². The molecule has 0 saturated heterocycles. The Morgan fingerprint density at radius 2 is 1.52 bits per heavy atom. The van der Waals surface area contributed by atoms with Gasteiger partial charge < -0.3 is 19.5 Å². The van der Waals surface area contributed by atoms with Crippen molar-refractivity contribution in [2.24, 2.45) is 0 Å². The van der Waals surface area contributed by atoms with Crippen LogP contribution in [0.15, 0.2) is 79.1 Å². The number of ether oxygens (including phenoxy) is 3. The average molecular weight is 416 g/mol. The number of pyridine rings is 1. The van der Waals surface area contributed by atoms with Gasteiger partial charge in [0.2, 0.25) is 5.88 Å². The van der Waals surface area contributed by atoms with Crippen molar-refractivity contribution in [2.75, 3.05) is 19.5 Å². The Morgan fingerprint density at radius 3 is 2.19 bits per heavy atom. The molecule has 0 aliphatic heterocycles. The highest BCUT2D eigenvalue weighted by Gasteiger charge is 2.14. The second-order valence-corrected chi connectivity index (χ2v) is 6.43. The third-order valence-electron chi connectivity index (χ3n) is 4.45. The van der Waals surface area contributed by atoms with Crippen LogP contribution in [-0.2, 0) is 0 Å². The number of hydrogen-bond donors (Lipinski definition) is 1. The normalized spacial score (nSPS) is 10.4. The molecule has 0 fully saturated rings. The molecule has 156 valence electrons. The summed E-state index contributed by atoms with van der Waals surface area (Å²) in [4.78, 5) is 17.0. The number of benzene rings is 2. The Morgan fingerprint density at radius 1 is 0.871 bits per heavy atom. The van der Waals surface area contributed by atoms with Gasteiger partial charge in [-0.25, -0.2) is 9.67 Å². The lowest BCUT2D eigenvalue weighted by Crippen LogP contribution is -2.14. The summed E-state index contributed by atoms with van der Waals surface area (Å²) in [5.74, 6) is 1.93. The molecule has 8 nitrogen and oxygen atoms in total. The van der Waals surface area contributed by atoms with Crippen LogP contribution < -0.4 is 19.5 Å². The minimum absolute atomic E-state index is 0.259. The summed E-state index contributed by atoms with van der Waals surface area (Å²) in [7, 11) is 3.20. The molecule has 0 saturated carbocycles. The van der Waals surface area contributed by atoms with Crippen LogP contribution in [0.1, 0.15) is 10.5 Å². The molecule has 1 N–H and O–H groups in total. The first-order chi connectivity index (χ1) is 15.2. The van der Waals surface area contributed by atoms with Crippen LogP contribution in [-0.4, -0.2) is 34.9 Å². The number of amides is 1. The number of nitrogens with one attached hydrogen (secondary N) is 1. The molecule has 2 aromatic heterocycles. The van der Waals surface area contributed by atoms with Crippen molar-refractivity contribution in [2.45, 2.75) is 0 Å². The van der Waals surface area contributed by atoms with E-state index in [1.54, 1.807) is 73.8 Å². The van der Waals surface area contributed by atoms with Gasteiger partial charge in [0.15, 0.2) is 5.69 Å². The van der Waals surface area contributed by atoms with Crippen LogP contribution in [0.4, 0.5) is 5.69 Å². The van der Waals surface area contributed by atoms with Gasteiger partial charge in [-0.1, -0.05) is 0 Å². The minimum Gasteiger partial charge on any atom is -0.497 e. The standard InChI is InChI=1S/C23H20N4O4/c1-29-17-7-5-16(6-8-17)27-15-13-20(26-27)22(28)25-21-4-3-14-24-23(21)31-19-11-9-18(30-2)10-12-19/h3-15H,1-2H3,(H,25,28). The van der Waals surface area contributed by atoms with Crippen LogP contribution in [0.2, 0.25) is 0 Å². The van der Waals surface area contributed by atoms with Gasteiger partial charge >= 0.3 is 0 Å². The fourth-order valence-electron chi connectivity index (χ4n) is 2.83. The van der Waals surface area contributed by atoms with Crippen molar-refractivity contribution in [1.29, 1.82) is 0 Å². The lowest BCUT2D eigenvalue weighted by molar-refractivity contribution is 0.102. The maximum atomic E-state index is 12.7. The number of rotatable bonds is 7. The van der Waals surface area contributed by atoms with Crippen molar-refractivity contribution < 1.29 is 19.0 Å². The van der Waals surface area contributed by atoms with Crippen LogP contribution in [0.25, 0.3) is 5.69 Å². The number of hydrogen-bond acceptors (Lipinski definition) is 6. The van der Waals surface area contributed by atoms with Gasteiger partial charge in [-0.05, 0) is 66.7 Å². The molecule has 2 heterocycles. The van der Waals surface area contributed by atoms with Crippen molar-refractivity contribution in [1.82, 2.24) is 14.8 Å². The Hall–Kier alpha value is -4.33. The highest BCUT2D eigenvalue weighted by molar-refractivity contribution is 6.03. The van der Waals surface area contributed by atoms with Gasteiger partial charge in [-0.15, -0.1) is 0 Å². The molecule has 0 aliphatic carbocycles. The van der Waals surface area contributed by atoms with Crippen molar-refractivity contribution in [3.8, 4) is 28.8 Å². The molecule has 0 atom stereocenters. The predicted molar refractivity (Wildman–Crippen MR) is 115 cm³/mol. The van der Waals surface area contributed by atoms with E-state index in [2.05, 4.69) is 15.4 Å². The Kier molecular flexibility index (Phi) is 5.79. The summed E-state index contributed by atoms with van der Waals surface area (Å²) in [5, 5.41) is 7.16. The number of anilines is 1. The van der Waals surface area contributed by atoms with Gasteiger partial charge in [0.05, 0.1) is 19.9 Å². The zero-order valence-corrected chi connectivity index (χ0v) is 17.0. The van der Waals surface area contributed by atoms with E-state index in [-0.39, 0.29) is 17.5 Å². The SMILES string of the molecule is COc1ccc(Oc2ncccc2NC(=O)c2ccn(-c3ccc(OC)cc3)n2)cc1. The maximum absolute atomic E-state index is 12.7. The van der Waals surface area contributed by atoms with E-state index in [0.717, 1.165) is 11.4 Å². The van der Waals surface area contributed by atoms with Crippen LogP contribution in [0, 0.1) is 0 Å². The third-order valence-corrected chi connectivity index (χ3v) is 4.45. The van der Waals surface area contributed by atoms with Crippen LogP contribution in [0.5, 0.6) is 23.1 Å². The number of carbonyl (C=O) groups excluding carboxylic acids is 1. The van der Waals surface area contributed by atoms with E-state index in [0.29, 0.717) is 17.2 Å². The van der Waals surface area contributed by atoms with Gasteiger partial charge in [0, 0.05) is 12.4 Å². The summed E-state index contributed by atoms with van der Waals surface area (Å²) >= 11 is 0. The zero-order chi connectivity index (χ0) is 21.6. The summed E-state index contributed by atoms with van der Waals surface area (Å²) in [6, 6.07) is 19.5. The second kappa shape index (κ2) is 9.00. The van der Waals surface area contributed by atoms with Crippen LogP contribution in [0.3, 0.4) is 0 Å². The Balaban J connectivity index is 1.49. The molecule has 0 aliphatic rings. The Labute approximate surface area is 179 Å². The molecule has 4 aromatic rings. The van der Waals surface area contributed by atoms with E-state index in [4.69, 9.17) is 14.2 Å². The summed E-state index contributed by atoms with van der Waals surface area (Å²) in [5.41, 5.74) is 1.50. The quantitative estimate of drug-likeness (QED) is 0.483. The molecular weight excluding hydrogens is 396 g/mol. The lowest BCUT2D eigenvalue weighted by Gasteiger charge is -2.10. The van der Waals surface area contributed by atoms with Crippen molar-refractivity contribution in [3.63, 3.8) is 0 Å². The highest BCUT2D eigenvalue weighted by Crippen LogP contribution is 2.28. The second-order valence-electron chi connectivity index (χ2n) is 6.43. The summed E-state index contributed by atoms with van der Waals surface area (Å²) in [6.45, 7) is 0. The number of methoxy groups -OCH3 is 2. The molecule has 4 rings (SSSR count). The molecule has 0 unspecified atom stereocenters. The van der Waals surface area contributed by atoms with Gasteiger partial charge in [-0.3, -0.25) is 4.79 Å². The fourth-order valence-corrected chi connectivity index (χ4v) is 2.83. The molecule has 31 heavy (non-hydrogen) atoms. The number of aromatic nitrogens is 3. The van der Waals surface area contributed by atoms with Crippen LogP contribution >= 0.6 is 0 Å². The lowest BCUT2D eigenvalue weighted by atomic mass is 10.3. The topological polar surface area (TPSA) is 87.5 Å². The molecule has 1 amide bonds. The highest BCUT2D eigenvalue weighted by atomic mass is 16.5. The van der Waals surface area contributed by atoms with E-state index >= 15 is 0 Å². The molecule has 8 heteroatoms. The molecule has 0 bridgehead atoms. The Bertz CT molecular complexity index is 1170. The van der Waals surface area contributed by atoms with Gasteiger partial charge in [0.25, 0.3) is 5.91 Å². The third kappa shape index (κ3) is 4.64. The van der Waals surface area contributed by atoms with Gasteiger partial charge in [-0.2, -0.15) is 5.10 Å². The van der Waals surface area contributed by atoms with Gasteiger partial charge in [0.1, 0.15) is 22.9 Å². The summed E-state index contributed by atoms with van der Waals surface area (Å²) in [6.07, 6.45) is 3.31. The van der Waals surface area contributed by atoms with E-state index in [1.165, 1.54) is 0 Å².